The number of hydrogen-bond donors (Lipinski definition) is 0. The van der Waals surface area contributed by atoms with E-state index in [0.29, 0.717) is 13.1 Å². The van der Waals surface area contributed by atoms with Crippen molar-refractivity contribution in [1.29, 1.82) is 0 Å². The Morgan fingerprint density at radius 2 is 1.46 bits per heavy atom. The van der Waals surface area contributed by atoms with Gasteiger partial charge in [-0.2, -0.15) is 0 Å². The van der Waals surface area contributed by atoms with Crippen molar-refractivity contribution < 1.29 is 4.79 Å². The van der Waals surface area contributed by atoms with Crippen LogP contribution in [0.5, 0.6) is 0 Å². The molecule has 2 aromatic carbocycles. The third-order valence-electron chi connectivity index (χ3n) is 4.51. The van der Waals surface area contributed by atoms with Crippen LogP contribution in [-0.2, 0) is 17.9 Å². The minimum absolute atomic E-state index is 0.130. The Labute approximate surface area is 141 Å². The average molecular weight is 314 g/mol. The van der Waals surface area contributed by atoms with Gasteiger partial charge in [0.05, 0.1) is 18.2 Å². The maximum atomic E-state index is 13.3. The number of nitrogens with zero attached hydrogens (tertiary/aromatic N) is 2. The summed E-state index contributed by atoms with van der Waals surface area (Å²) in [7, 11) is 0. The largest absolute Gasteiger partial charge is 0.332 e. The molecule has 3 nitrogen and oxygen atoms in total. The molecular formula is C21H18N2O. The van der Waals surface area contributed by atoms with Gasteiger partial charge in [0, 0.05) is 12.7 Å². The number of aromatic nitrogens is 1. The summed E-state index contributed by atoms with van der Waals surface area (Å²) in [4.78, 5) is 19.6. The molecule has 3 heteroatoms. The second-order valence-corrected chi connectivity index (χ2v) is 6.06. The molecule has 0 atom stereocenters. The van der Waals surface area contributed by atoms with Crippen LogP contribution in [0, 0.1) is 0 Å². The molecule has 24 heavy (non-hydrogen) atoms. The number of hydrogen-bond acceptors (Lipinski definition) is 2. The van der Waals surface area contributed by atoms with Crippen molar-refractivity contribution in [3.05, 3.63) is 101 Å². The first-order valence-electron chi connectivity index (χ1n) is 8.14. The molecule has 4 rings (SSSR count). The lowest BCUT2D eigenvalue weighted by molar-refractivity contribution is -0.132. The van der Waals surface area contributed by atoms with E-state index in [-0.39, 0.29) is 11.8 Å². The van der Waals surface area contributed by atoms with Gasteiger partial charge in [-0.3, -0.25) is 9.78 Å². The highest BCUT2D eigenvalue weighted by atomic mass is 16.2. The molecule has 0 saturated heterocycles. The van der Waals surface area contributed by atoms with E-state index < -0.39 is 0 Å². The molecule has 0 fully saturated rings. The Balaban J connectivity index is 1.69. The molecule has 1 aliphatic heterocycles. The Hall–Kier alpha value is -2.94. The number of rotatable bonds is 3. The fourth-order valence-corrected chi connectivity index (χ4v) is 3.31. The van der Waals surface area contributed by atoms with Gasteiger partial charge in [0.1, 0.15) is 0 Å². The zero-order valence-corrected chi connectivity index (χ0v) is 13.3. The number of fused-ring (bicyclic) bond motifs is 1. The monoisotopic (exact) mass is 314 g/mol. The molecule has 118 valence electrons. The smallest absolute Gasteiger partial charge is 0.235 e. The fourth-order valence-electron chi connectivity index (χ4n) is 3.31. The maximum absolute atomic E-state index is 13.3. The molecule has 0 bridgehead atoms. The van der Waals surface area contributed by atoms with E-state index in [1.807, 2.05) is 71.6 Å². The second kappa shape index (κ2) is 6.28. The molecular weight excluding hydrogens is 296 g/mol. The highest BCUT2D eigenvalue weighted by Crippen LogP contribution is 2.30. The van der Waals surface area contributed by atoms with Crippen molar-refractivity contribution in [2.75, 3.05) is 0 Å². The van der Waals surface area contributed by atoms with E-state index >= 15 is 0 Å². The third-order valence-corrected chi connectivity index (χ3v) is 4.51. The van der Waals surface area contributed by atoms with E-state index in [2.05, 4.69) is 11.1 Å². The molecule has 0 aliphatic carbocycles. The van der Waals surface area contributed by atoms with Crippen molar-refractivity contribution in [1.82, 2.24) is 9.88 Å². The van der Waals surface area contributed by atoms with E-state index in [1.54, 1.807) is 6.20 Å². The lowest BCUT2D eigenvalue weighted by Gasteiger charge is -2.24. The zero-order valence-electron chi connectivity index (χ0n) is 13.3. The molecule has 0 saturated carbocycles. The van der Waals surface area contributed by atoms with Crippen molar-refractivity contribution in [2.45, 2.75) is 19.0 Å². The summed E-state index contributed by atoms with van der Waals surface area (Å²) in [5.74, 6) is -0.146. The number of carbonyl (C=O) groups excluding carboxylic acids is 1. The number of amides is 1. The van der Waals surface area contributed by atoms with Crippen molar-refractivity contribution in [3.63, 3.8) is 0 Å². The molecule has 3 aromatic rings. The SMILES string of the molecule is O=C(C(c1ccccc1)c1ccccc1)N1Cc2cccnc2C1. The normalized spacial score (nSPS) is 13.1. The summed E-state index contributed by atoms with van der Waals surface area (Å²) in [6.45, 7) is 1.23. The number of pyridine rings is 1. The van der Waals surface area contributed by atoms with Gasteiger partial charge in [0.2, 0.25) is 5.91 Å². The van der Waals surface area contributed by atoms with Gasteiger partial charge in [0.15, 0.2) is 0 Å². The van der Waals surface area contributed by atoms with E-state index in [1.165, 1.54) is 0 Å². The molecule has 0 N–H and O–H groups in total. The topological polar surface area (TPSA) is 33.2 Å². The molecule has 1 aliphatic rings. The minimum atomic E-state index is -0.276. The van der Waals surface area contributed by atoms with Crippen LogP contribution >= 0.6 is 0 Å². The summed E-state index contributed by atoms with van der Waals surface area (Å²) in [6, 6.07) is 24.0. The molecule has 0 radical (unpaired) electrons. The summed E-state index contributed by atoms with van der Waals surface area (Å²) in [6.07, 6.45) is 1.79. The number of benzene rings is 2. The van der Waals surface area contributed by atoms with Crippen LogP contribution < -0.4 is 0 Å². The van der Waals surface area contributed by atoms with Crippen molar-refractivity contribution >= 4 is 5.91 Å². The summed E-state index contributed by atoms with van der Waals surface area (Å²) in [5.41, 5.74) is 4.20. The average Bonchev–Trinajstić information content (AvgIpc) is 3.08. The van der Waals surface area contributed by atoms with Crippen LogP contribution in [0.15, 0.2) is 79.0 Å². The Bertz CT molecular complexity index is 781. The van der Waals surface area contributed by atoms with Crippen LogP contribution in [0.1, 0.15) is 28.3 Å². The summed E-state index contributed by atoms with van der Waals surface area (Å²) >= 11 is 0. The second-order valence-electron chi connectivity index (χ2n) is 6.06. The highest BCUT2D eigenvalue weighted by molar-refractivity contribution is 5.87. The van der Waals surface area contributed by atoms with Crippen LogP contribution in [0.4, 0.5) is 0 Å². The van der Waals surface area contributed by atoms with Crippen LogP contribution in [-0.4, -0.2) is 15.8 Å². The predicted octanol–water partition coefficient (Wildman–Crippen LogP) is 3.76. The summed E-state index contributed by atoms with van der Waals surface area (Å²) < 4.78 is 0. The van der Waals surface area contributed by atoms with Crippen LogP contribution in [0.3, 0.4) is 0 Å². The van der Waals surface area contributed by atoms with E-state index in [0.717, 1.165) is 22.4 Å². The molecule has 1 amide bonds. The maximum Gasteiger partial charge on any atom is 0.235 e. The lowest BCUT2D eigenvalue weighted by atomic mass is 9.90. The van der Waals surface area contributed by atoms with Crippen molar-refractivity contribution in [2.24, 2.45) is 0 Å². The van der Waals surface area contributed by atoms with Crippen LogP contribution in [0.2, 0.25) is 0 Å². The third kappa shape index (κ3) is 2.69. The van der Waals surface area contributed by atoms with Gasteiger partial charge in [-0.1, -0.05) is 66.7 Å². The van der Waals surface area contributed by atoms with Gasteiger partial charge < -0.3 is 4.90 Å². The standard InChI is InChI=1S/C21H18N2O/c24-21(23-14-18-12-7-13-22-19(18)15-23)20(16-8-3-1-4-9-16)17-10-5-2-6-11-17/h1-13,20H,14-15H2. The zero-order chi connectivity index (χ0) is 16.4. The van der Waals surface area contributed by atoms with Gasteiger partial charge in [0.25, 0.3) is 0 Å². The van der Waals surface area contributed by atoms with Crippen molar-refractivity contribution in [3.8, 4) is 0 Å². The fraction of sp³-hybridized carbons (Fsp3) is 0.143. The predicted molar refractivity (Wildman–Crippen MR) is 93.2 cm³/mol. The first kappa shape index (κ1) is 14.6. The summed E-state index contributed by atoms with van der Waals surface area (Å²) in [5, 5.41) is 0. The first-order chi connectivity index (χ1) is 11.8. The molecule has 0 unspecified atom stereocenters. The van der Waals surface area contributed by atoms with Crippen LogP contribution in [0.25, 0.3) is 0 Å². The van der Waals surface area contributed by atoms with Gasteiger partial charge in [-0.05, 0) is 22.8 Å². The highest BCUT2D eigenvalue weighted by Gasteiger charge is 2.31. The first-order valence-corrected chi connectivity index (χ1v) is 8.14. The van der Waals surface area contributed by atoms with Gasteiger partial charge in [-0.25, -0.2) is 0 Å². The van der Waals surface area contributed by atoms with Gasteiger partial charge in [-0.15, -0.1) is 0 Å². The Kier molecular flexibility index (Phi) is 3.83. The quantitative estimate of drug-likeness (QED) is 0.737. The van der Waals surface area contributed by atoms with Gasteiger partial charge >= 0.3 is 0 Å². The minimum Gasteiger partial charge on any atom is -0.332 e. The molecule has 1 aromatic heterocycles. The van der Waals surface area contributed by atoms with E-state index in [4.69, 9.17) is 0 Å². The Morgan fingerprint density at radius 1 is 0.833 bits per heavy atom. The molecule has 2 heterocycles. The van der Waals surface area contributed by atoms with E-state index in [9.17, 15) is 4.79 Å². The Morgan fingerprint density at radius 3 is 2.04 bits per heavy atom. The lowest BCUT2D eigenvalue weighted by Crippen LogP contribution is -2.31. The number of carbonyl (C=O) groups is 1. The molecule has 0 spiro atoms.